The van der Waals surface area contributed by atoms with Crippen molar-refractivity contribution in [2.45, 2.75) is 33.2 Å². The second-order valence-corrected chi connectivity index (χ2v) is 7.01. The number of hydrogen-bond donors (Lipinski definition) is 1. The Morgan fingerprint density at radius 1 is 1.10 bits per heavy atom. The first kappa shape index (κ1) is 21.1. The number of esters is 1. The SMILES string of the molecule is CCC(C)NC(=O)c1cc2ccc(OC(=O)COc3cccc(C)c3)cc2oc1=O. The van der Waals surface area contributed by atoms with Gasteiger partial charge in [-0.25, -0.2) is 9.59 Å². The van der Waals surface area contributed by atoms with Crippen molar-refractivity contribution in [3.63, 3.8) is 0 Å². The predicted octanol–water partition coefficient (Wildman–Crippen LogP) is 3.61. The molecule has 3 rings (SSSR count). The molecule has 156 valence electrons. The fourth-order valence-electron chi connectivity index (χ4n) is 2.73. The topological polar surface area (TPSA) is 94.8 Å². The van der Waals surface area contributed by atoms with Crippen LogP contribution >= 0.6 is 0 Å². The summed E-state index contributed by atoms with van der Waals surface area (Å²) < 4.78 is 15.9. The number of ether oxygens (including phenoxy) is 2. The van der Waals surface area contributed by atoms with E-state index in [9.17, 15) is 14.4 Å². The zero-order valence-electron chi connectivity index (χ0n) is 17.1. The fraction of sp³-hybridized carbons (Fsp3) is 0.261. The lowest BCUT2D eigenvalue weighted by atomic mass is 10.1. The van der Waals surface area contributed by atoms with Gasteiger partial charge in [0.05, 0.1) is 0 Å². The minimum absolute atomic E-state index is 0.0589. The largest absolute Gasteiger partial charge is 0.482 e. The van der Waals surface area contributed by atoms with Crippen LogP contribution in [-0.4, -0.2) is 24.5 Å². The third kappa shape index (κ3) is 5.26. The van der Waals surface area contributed by atoms with Gasteiger partial charge in [0, 0.05) is 17.5 Å². The average Bonchev–Trinajstić information content (AvgIpc) is 2.71. The number of benzene rings is 2. The average molecular weight is 409 g/mol. The molecule has 0 aliphatic rings. The Bertz CT molecular complexity index is 1130. The maximum atomic E-state index is 12.2. The number of hydrogen-bond acceptors (Lipinski definition) is 6. The lowest BCUT2D eigenvalue weighted by Gasteiger charge is -2.11. The molecule has 0 spiro atoms. The Balaban J connectivity index is 1.70. The van der Waals surface area contributed by atoms with Crippen LogP contribution in [0.1, 0.15) is 36.2 Å². The Morgan fingerprint density at radius 2 is 1.90 bits per heavy atom. The summed E-state index contributed by atoms with van der Waals surface area (Å²) in [5.74, 6) is -0.300. The van der Waals surface area contributed by atoms with Crippen LogP contribution < -0.4 is 20.4 Å². The van der Waals surface area contributed by atoms with Gasteiger partial charge < -0.3 is 19.2 Å². The Hall–Kier alpha value is -3.61. The maximum absolute atomic E-state index is 12.2. The van der Waals surface area contributed by atoms with Crippen molar-refractivity contribution in [3.8, 4) is 11.5 Å². The van der Waals surface area contributed by atoms with E-state index in [2.05, 4.69) is 5.32 Å². The van der Waals surface area contributed by atoms with Crippen LogP contribution in [0.5, 0.6) is 11.5 Å². The standard InChI is InChI=1S/C23H23NO6/c1-4-15(3)24-22(26)19-11-16-8-9-18(12-20(16)30-23(19)27)29-21(25)13-28-17-7-5-6-14(2)10-17/h5-12,15H,4,13H2,1-3H3,(H,24,26). The first-order valence-corrected chi connectivity index (χ1v) is 9.64. The lowest BCUT2D eigenvalue weighted by molar-refractivity contribution is -0.136. The molecule has 7 nitrogen and oxygen atoms in total. The van der Waals surface area contributed by atoms with Crippen LogP contribution in [0.2, 0.25) is 0 Å². The molecule has 3 aromatic rings. The zero-order valence-corrected chi connectivity index (χ0v) is 17.1. The van der Waals surface area contributed by atoms with Crippen molar-refractivity contribution in [1.29, 1.82) is 0 Å². The van der Waals surface area contributed by atoms with Crippen LogP contribution in [0.3, 0.4) is 0 Å². The molecule has 2 aromatic carbocycles. The van der Waals surface area contributed by atoms with E-state index in [1.165, 1.54) is 12.1 Å². The molecular formula is C23H23NO6. The van der Waals surface area contributed by atoms with Gasteiger partial charge in [-0.3, -0.25) is 4.79 Å². The van der Waals surface area contributed by atoms with E-state index in [4.69, 9.17) is 13.9 Å². The van der Waals surface area contributed by atoms with Gasteiger partial charge in [0.2, 0.25) is 0 Å². The summed E-state index contributed by atoms with van der Waals surface area (Å²) in [6.45, 7) is 5.44. The van der Waals surface area contributed by atoms with E-state index in [0.29, 0.717) is 11.1 Å². The highest BCUT2D eigenvalue weighted by Gasteiger charge is 2.16. The Labute approximate surface area is 173 Å². The number of aryl methyl sites for hydroxylation is 1. The minimum Gasteiger partial charge on any atom is -0.482 e. The molecule has 0 radical (unpaired) electrons. The molecule has 1 amide bonds. The second kappa shape index (κ2) is 9.26. The van der Waals surface area contributed by atoms with Crippen LogP contribution in [0.25, 0.3) is 11.0 Å². The zero-order chi connectivity index (χ0) is 21.7. The summed E-state index contributed by atoms with van der Waals surface area (Å²) in [4.78, 5) is 36.5. The van der Waals surface area contributed by atoms with Gasteiger partial charge >= 0.3 is 11.6 Å². The van der Waals surface area contributed by atoms with Crippen molar-refractivity contribution < 1.29 is 23.5 Å². The van der Waals surface area contributed by atoms with Gasteiger partial charge in [-0.15, -0.1) is 0 Å². The molecule has 0 saturated heterocycles. The van der Waals surface area contributed by atoms with Crippen molar-refractivity contribution in [2.75, 3.05) is 6.61 Å². The quantitative estimate of drug-likeness (QED) is 0.364. The van der Waals surface area contributed by atoms with E-state index in [-0.39, 0.29) is 29.5 Å². The van der Waals surface area contributed by atoms with Gasteiger partial charge in [0.15, 0.2) is 6.61 Å². The van der Waals surface area contributed by atoms with E-state index >= 15 is 0 Å². The third-order valence-corrected chi connectivity index (χ3v) is 4.52. The molecule has 30 heavy (non-hydrogen) atoms. The van der Waals surface area contributed by atoms with Crippen LogP contribution in [0.15, 0.2) is 57.7 Å². The first-order chi connectivity index (χ1) is 14.4. The predicted molar refractivity (Wildman–Crippen MR) is 112 cm³/mol. The summed E-state index contributed by atoms with van der Waals surface area (Å²) in [5, 5.41) is 3.28. The molecule has 0 bridgehead atoms. The normalized spacial score (nSPS) is 11.7. The van der Waals surface area contributed by atoms with E-state index < -0.39 is 17.5 Å². The molecule has 0 aliphatic carbocycles. The molecule has 1 aromatic heterocycles. The van der Waals surface area contributed by atoms with Crippen LogP contribution in [0, 0.1) is 6.92 Å². The Morgan fingerprint density at radius 3 is 2.63 bits per heavy atom. The molecule has 0 fully saturated rings. The highest BCUT2D eigenvalue weighted by molar-refractivity contribution is 5.97. The monoisotopic (exact) mass is 409 g/mol. The third-order valence-electron chi connectivity index (χ3n) is 4.52. The number of carbonyl (C=O) groups excluding carboxylic acids is 2. The van der Waals surface area contributed by atoms with Crippen molar-refractivity contribution in [3.05, 3.63) is 70.1 Å². The molecule has 0 saturated carbocycles. The highest BCUT2D eigenvalue weighted by Crippen LogP contribution is 2.21. The Kier molecular flexibility index (Phi) is 6.51. The van der Waals surface area contributed by atoms with Crippen molar-refractivity contribution >= 4 is 22.8 Å². The van der Waals surface area contributed by atoms with E-state index in [1.807, 2.05) is 39.0 Å². The molecule has 1 N–H and O–H groups in total. The van der Waals surface area contributed by atoms with Gasteiger partial charge in [-0.05, 0) is 56.2 Å². The van der Waals surface area contributed by atoms with Gasteiger partial charge in [0.25, 0.3) is 5.91 Å². The van der Waals surface area contributed by atoms with E-state index in [1.54, 1.807) is 18.2 Å². The molecule has 1 atom stereocenters. The summed E-state index contributed by atoms with van der Waals surface area (Å²) in [7, 11) is 0. The van der Waals surface area contributed by atoms with Crippen LogP contribution in [0.4, 0.5) is 0 Å². The van der Waals surface area contributed by atoms with E-state index in [0.717, 1.165) is 12.0 Å². The van der Waals surface area contributed by atoms with Gasteiger partial charge in [-0.2, -0.15) is 0 Å². The first-order valence-electron chi connectivity index (χ1n) is 9.64. The number of rotatable bonds is 7. The summed E-state index contributed by atoms with van der Waals surface area (Å²) in [6, 6.07) is 13.3. The van der Waals surface area contributed by atoms with Crippen LogP contribution in [-0.2, 0) is 4.79 Å². The number of amides is 1. The molecular weight excluding hydrogens is 386 g/mol. The summed E-state index contributed by atoms with van der Waals surface area (Å²) in [5.41, 5.74) is 0.404. The second-order valence-electron chi connectivity index (χ2n) is 7.01. The summed E-state index contributed by atoms with van der Waals surface area (Å²) in [6.07, 6.45) is 0.743. The molecule has 1 unspecified atom stereocenters. The minimum atomic E-state index is -0.755. The molecule has 7 heteroatoms. The fourth-order valence-corrected chi connectivity index (χ4v) is 2.73. The van der Waals surface area contributed by atoms with Gasteiger partial charge in [-0.1, -0.05) is 19.1 Å². The lowest BCUT2D eigenvalue weighted by Crippen LogP contribution is -2.34. The van der Waals surface area contributed by atoms with Crippen molar-refractivity contribution in [1.82, 2.24) is 5.32 Å². The summed E-state index contributed by atoms with van der Waals surface area (Å²) >= 11 is 0. The maximum Gasteiger partial charge on any atom is 0.349 e. The van der Waals surface area contributed by atoms with Crippen molar-refractivity contribution in [2.24, 2.45) is 0 Å². The number of fused-ring (bicyclic) bond motifs is 1. The van der Waals surface area contributed by atoms with Gasteiger partial charge in [0.1, 0.15) is 22.6 Å². The molecule has 0 aliphatic heterocycles. The highest BCUT2D eigenvalue weighted by atomic mass is 16.6. The smallest absolute Gasteiger partial charge is 0.349 e. The number of nitrogens with one attached hydrogen (secondary N) is 1. The molecule has 1 heterocycles. The number of carbonyl (C=O) groups is 2.